The summed E-state index contributed by atoms with van der Waals surface area (Å²) in [5, 5.41) is 0.544. The zero-order valence-corrected chi connectivity index (χ0v) is 32.4. The Morgan fingerprint density at radius 2 is 1.74 bits per heavy atom. The lowest BCUT2D eigenvalue weighted by Gasteiger charge is -2.33. The second kappa shape index (κ2) is 15.3. The van der Waals surface area contributed by atoms with Crippen molar-refractivity contribution in [3.63, 3.8) is 0 Å². The number of fused-ring (bicyclic) bond motifs is 1. The quantitative estimate of drug-likeness (QED) is 0.175. The number of aromatic nitrogens is 2. The topological polar surface area (TPSA) is 114 Å². The standard InChI is InChI=1S/C42H53N5O5S/c1-29-24-33(52-4)14-18-35(29)39-38(31-11-6-5-7-12-31)36-17-13-32(40(48)44-53(50,51)34-15-16-34)25-37(36)47(39)28-42(2,3)41(49)46-21-9-20-45(22-23-46)27-30-10-8-19-43-26-30/h8,10,13-14,17-19,24-26,31,34H,5-7,9,11-12,15-16,20-23,27-28H2,1-4H3,(H,44,48). The third kappa shape index (κ3) is 8.01. The first-order chi connectivity index (χ1) is 25.4. The molecule has 282 valence electrons. The summed E-state index contributed by atoms with van der Waals surface area (Å²) in [4.78, 5) is 36.8. The number of sulfonamides is 1. The van der Waals surface area contributed by atoms with Crippen LogP contribution in [0.15, 0.2) is 60.9 Å². The molecule has 0 spiro atoms. The van der Waals surface area contributed by atoms with Gasteiger partial charge in [0.1, 0.15) is 5.75 Å². The molecular formula is C42H53N5O5S. The van der Waals surface area contributed by atoms with E-state index in [-0.39, 0.29) is 5.91 Å². The van der Waals surface area contributed by atoms with Gasteiger partial charge in [0.2, 0.25) is 15.9 Å². The molecule has 7 rings (SSSR count). The molecule has 10 nitrogen and oxygen atoms in total. The van der Waals surface area contributed by atoms with E-state index in [2.05, 4.69) is 38.2 Å². The van der Waals surface area contributed by atoms with Gasteiger partial charge >= 0.3 is 0 Å². The second-order valence-electron chi connectivity index (χ2n) is 15.9. The van der Waals surface area contributed by atoms with Crippen molar-refractivity contribution in [1.29, 1.82) is 0 Å². The van der Waals surface area contributed by atoms with Crippen molar-refractivity contribution in [2.75, 3.05) is 33.3 Å². The van der Waals surface area contributed by atoms with Crippen molar-refractivity contribution in [1.82, 2.24) is 24.1 Å². The van der Waals surface area contributed by atoms with E-state index in [0.717, 1.165) is 85.2 Å². The lowest BCUT2D eigenvalue weighted by Crippen LogP contribution is -2.44. The van der Waals surface area contributed by atoms with E-state index in [4.69, 9.17) is 4.74 Å². The first-order valence-electron chi connectivity index (χ1n) is 19.2. The van der Waals surface area contributed by atoms with Crippen LogP contribution in [0.3, 0.4) is 0 Å². The number of rotatable bonds is 11. The van der Waals surface area contributed by atoms with Crippen LogP contribution >= 0.6 is 0 Å². The molecule has 2 aliphatic carbocycles. The minimum absolute atomic E-state index is 0.101. The predicted molar refractivity (Wildman–Crippen MR) is 208 cm³/mol. The van der Waals surface area contributed by atoms with Gasteiger partial charge in [0.25, 0.3) is 5.91 Å². The van der Waals surface area contributed by atoms with E-state index in [1.54, 1.807) is 19.4 Å². The third-order valence-corrected chi connectivity index (χ3v) is 13.2. The van der Waals surface area contributed by atoms with Gasteiger partial charge in [-0.1, -0.05) is 31.4 Å². The van der Waals surface area contributed by atoms with Crippen molar-refractivity contribution in [2.45, 2.75) is 96.4 Å². The zero-order chi connectivity index (χ0) is 37.3. The molecule has 53 heavy (non-hydrogen) atoms. The Morgan fingerprint density at radius 3 is 2.43 bits per heavy atom. The molecule has 2 amide bonds. The minimum atomic E-state index is -3.73. The summed E-state index contributed by atoms with van der Waals surface area (Å²) in [6.07, 6.45) is 11.4. The second-order valence-corrected chi connectivity index (χ2v) is 17.9. The summed E-state index contributed by atoms with van der Waals surface area (Å²) < 4.78 is 35.8. The van der Waals surface area contributed by atoms with Crippen molar-refractivity contribution in [2.24, 2.45) is 5.41 Å². The van der Waals surface area contributed by atoms with Gasteiger partial charge < -0.3 is 14.2 Å². The highest BCUT2D eigenvalue weighted by Crippen LogP contribution is 2.46. The number of nitrogens with zero attached hydrogens (tertiary/aromatic N) is 4. The highest BCUT2D eigenvalue weighted by Gasteiger charge is 2.38. The average Bonchev–Trinajstić information content (AvgIpc) is 4.00. The van der Waals surface area contributed by atoms with E-state index >= 15 is 0 Å². The number of hydrogen-bond acceptors (Lipinski definition) is 7. The van der Waals surface area contributed by atoms with Gasteiger partial charge in [-0.05, 0) is 112 Å². The Bertz CT molecular complexity index is 2080. The first-order valence-corrected chi connectivity index (χ1v) is 20.8. The predicted octanol–water partition coefficient (Wildman–Crippen LogP) is 7.05. The summed E-state index contributed by atoms with van der Waals surface area (Å²) in [6, 6.07) is 15.8. The first kappa shape index (κ1) is 37.1. The number of ether oxygens (including phenoxy) is 1. The number of aryl methyl sites for hydroxylation is 1. The monoisotopic (exact) mass is 739 g/mol. The highest BCUT2D eigenvalue weighted by atomic mass is 32.2. The molecule has 0 unspecified atom stereocenters. The lowest BCUT2D eigenvalue weighted by molar-refractivity contribution is -0.140. The maximum absolute atomic E-state index is 14.6. The van der Waals surface area contributed by atoms with E-state index in [1.165, 1.54) is 17.5 Å². The van der Waals surface area contributed by atoms with Crippen molar-refractivity contribution >= 4 is 32.7 Å². The van der Waals surface area contributed by atoms with Gasteiger partial charge in [0, 0.05) is 73.7 Å². The summed E-state index contributed by atoms with van der Waals surface area (Å²) in [5.41, 5.74) is 5.94. The molecule has 2 saturated carbocycles. The van der Waals surface area contributed by atoms with Crippen molar-refractivity contribution < 1.29 is 22.7 Å². The Morgan fingerprint density at radius 1 is 0.943 bits per heavy atom. The number of methoxy groups -OCH3 is 1. The van der Waals surface area contributed by atoms with Gasteiger partial charge in [0.15, 0.2) is 0 Å². The normalized spacial score (nSPS) is 17.8. The van der Waals surface area contributed by atoms with Crippen LogP contribution in [-0.2, 0) is 27.9 Å². The molecule has 2 aromatic carbocycles. The molecule has 1 N–H and O–H groups in total. The molecule has 0 radical (unpaired) electrons. The van der Waals surface area contributed by atoms with Crippen LogP contribution in [0.4, 0.5) is 0 Å². The van der Waals surface area contributed by atoms with Gasteiger partial charge in [0.05, 0.1) is 23.5 Å². The molecule has 4 aromatic rings. The van der Waals surface area contributed by atoms with Gasteiger partial charge in [-0.25, -0.2) is 13.1 Å². The molecule has 0 bridgehead atoms. The van der Waals surface area contributed by atoms with Crippen molar-refractivity contribution in [3.8, 4) is 17.0 Å². The summed E-state index contributed by atoms with van der Waals surface area (Å²) >= 11 is 0. The molecule has 3 heterocycles. The fourth-order valence-corrected chi connectivity index (χ4v) is 9.73. The number of amides is 2. The Hall–Kier alpha value is -4.22. The lowest BCUT2D eigenvalue weighted by atomic mass is 9.81. The molecule has 1 aliphatic heterocycles. The molecule has 3 fully saturated rings. The number of carbonyl (C=O) groups is 2. The Balaban J connectivity index is 1.29. The number of benzene rings is 2. The SMILES string of the molecule is COc1ccc(-c2c(C3CCCCC3)c3ccc(C(=O)NS(=O)(=O)C4CC4)cc3n2CC(C)(C)C(=O)N2CCCN(Cc3cccnc3)CC2)c(C)c1. The van der Waals surface area contributed by atoms with Crippen molar-refractivity contribution in [3.05, 3.63) is 83.2 Å². The molecule has 2 aromatic heterocycles. The van der Waals surface area contributed by atoms with E-state index in [0.29, 0.717) is 44.0 Å². The Labute approximate surface area is 314 Å². The average molecular weight is 740 g/mol. The largest absolute Gasteiger partial charge is 0.497 e. The van der Waals surface area contributed by atoms with Crippen LogP contribution in [-0.4, -0.2) is 78.1 Å². The number of pyridine rings is 1. The molecule has 0 atom stereocenters. The summed E-state index contributed by atoms with van der Waals surface area (Å²) in [7, 11) is -2.05. The van der Waals surface area contributed by atoms with Gasteiger partial charge in [-0.15, -0.1) is 0 Å². The molecule has 1 saturated heterocycles. The number of carbonyl (C=O) groups excluding carboxylic acids is 2. The molecule has 11 heteroatoms. The smallest absolute Gasteiger partial charge is 0.264 e. The van der Waals surface area contributed by atoms with Crippen LogP contribution in [0.1, 0.15) is 98.2 Å². The van der Waals surface area contributed by atoms with Gasteiger partial charge in [-0.3, -0.25) is 19.5 Å². The van der Waals surface area contributed by atoms with Crippen LogP contribution in [0.2, 0.25) is 0 Å². The van der Waals surface area contributed by atoms with Crippen LogP contribution in [0.25, 0.3) is 22.2 Å². The summed E-state index contributed by atoms with van der Waals surface area (Å²) in [6.45, 7) is 10.4. The van der Waals surface area contributed by atoms with E-state index < -0.39 is 26.6 Å². The Kier molecular flexibility index (Phi) is 10.7. The molecule has 3 aliphatic rings. The van der Waals surface area contributed by atoms with E-state index in [9.17, 15) is 18.0 Å². The molecular weight excluding hydrogens is 687 g/mol. The van der Waals surface area contributed by atoms with Crippen LogP contribution < -0.4 is 9.46 Å². The number of hydrogen-bond donors (Lipinski definition) is 1. The third-order valence-electron chi connectivity index (χ3n) is 11.4. The fourth-order valence-electron chi connectivity index (χ4n) is 8.43. The zero-order valence-electron chi connectivity index (χ0n) is 31.6. The van der Waals surface area contributed by atoms with Crippen LogP contribution in [0, 0.1) is 12.3 Å². The minimum Gasteiger partial charge on any atom is -0.497 e. The number of nitrogens with one attached hydrogen (secondary N) is 1. The van der Waals surface area contributed by atoms with E-state index in [1.807, 2.05) is 55.3 Å². The fraction of sp³-hybridized carbons (Fsp3) is 0.500. The van der Waals surface area contributed by atoms with Crippen LogP contribution in [0.5, 0.6) is 5.75 Å². The van der Waals surface area contributed by atoms with Gasteiger partial charge in [-0.2, -0.15) is 0 Å². The maximum atomic E-state index is 14.6. The summed E-state index contributed by atoms with van der Waals surface area (Å²) in [5.74, 6) is 0.569. The highest BCUT2D eigenvalue weighted by molar-refractivity contribution is 7.91. The maximum Gasteiger partial charge on any atom is 0.264 e.